The molecule has 0 radical (unpaired) electrons. The lowest BCUT2D eigenvalue weighted by Gasteiger charge is -1.93. The molecule has 0 saturated heterocycles. The Morgan fingerprint density at radius 1 is 1.22 bits per heavy atom. The first-order valence-electron chi connectivity index (χ1n) is 1.97. The average Bonchev–Trinajstić information content (AvgIpc) is 1.63. The van der Waals surface area contributed by atoms with Gasteiger partial charge in [0.2, 0.25) is 0 Å². The molecule has 0 heterocycles. The second-order valence-corrected chi connectivity index (χ2v) is 2.10. The van der Waals surface area contributed by atoms with Gasteiger partial charge >= 0.3 is 0 Å². The lowest BCUT2D eigenvalue weighted by atomic mass is 10.5. The van der Waals surface area contributed by atoms with Gasteiger partial charge in [0.25, 0.3) is 12.9 Å². The zero-order valence-electron chi connectivity index (χ0n) is 4.12. The Kier molecular flexibility index (Phi) is 3.84. The van der Waals surface area contributed by atoms with Gasteiger partial charge in [-0.05, 0) is 22.0 Å². The summed E-state index contributed by atoms with van der Waals surface area (Å²) < 4.78 is 44.3. The van der Waals surface area contributed by atoms with E-state index in [1.54, 1.807) is 0 Å². The van der Waals surface area contributed by atoms with E-state index in [9.17, 15) is 17.6 Å². The smallest absolute Gasteiger partial charge is 0.206 e. The summed E-state index contributed by atoms with van der Waals surface area (Å²) in [5.74, 6) is 0. The van der Waals surface area contributed by atoms with Crippen molar-refractivity contribution in [3.63, 3.8) is 0 Å². The van der Waals surface area contributed by atoms with Crippen LogP contribution in [0.5, 0.6) is 0 Å². The van der Waals surface area contributed by atoms with Gasteiger partial charge in [-0.1, -0.05) is 0 Å². The molecule has 0 N–H and O–H groups in total. The van der Waals surface area contributed by atoms with E-state index in [-0.39, 0.29) is 6.08 Å². The fourth-order valence-corrected chi connectivity index (χ4v) is 0.393. The van der Waals surface area contributed by atoms with Gasteiger partial charge in [-0.3, -0.25) is 0 Å². The summed E-state index contributed by atoms with van der Waals surface area (Å²) in [5, 5.41) is 0. The van der Waals surface area contributed by atoms with Crippen LogP contribution in [0.15, 0.2) is 10.6 Å². The SMILES string of the molecule is FC(F)/C=C(\Br)C(F)F. The van der Waals surface area contributed by atoms with Crippen LogP contribution in [0.3, 0.4) is 0 Å². The highest BCUT2D eigenvalue weighted by atomic mass is 79.9. The van der Waals surface area contributed by atoms with Gasteiger partial charge in [0.05, 0.1) is 4.48 Å². The summed E-state index contributed by atoms with van der Waals surface area (Å²) in [5.41, 5.74) is 0. The van der Waals surface area contributed by atoms with E-state index in [1.807, 2.05) is 0 Å². The van der Waals surface area contributed by atoms with E-state index in [0.29, 0.717) is 0 Å². The van der Waals surface area contributed by atoms with E-state index in [0.717, 1.165) is 0 Å². The summed E-state index contributed by atoms with van der Waals surface area (Å²) in [7, 11) is 0. The van der Waals surface area contributed by atoms with Gasteiger partial charge in [-0.25, -0.2) is 17.6 Å². The summed E-state index contributed by atoms with van der Waals surface area (Å²) in [6.07, 6.45) is -5.52. The van der Waals surface area contributed by atoms with Gasteiger partial charge in [-0.15, -0.1) is 0 Å². The molecule has 0 atom stereocenters. The third-order valence-electron chi connectivity index (χ3n) is 0.494. The van der Waals surface area contributed by atoms with Crippen LogP contribution >= 0.6 is 15.9 Å². The van der Waals surface area contributed by atoms with Crippen molar-refractivity contribution in [3.05, 3.63) is 10.6 Å². The van der Waals surface area contributed by atoms with E-state index in [1.165, 1.54) is 0 Å². The molecule has 0 rings (SSSR count). The van der Waals surface area contributed by atoms with Crippen LogP contribution in [0.2, 0.25) is 0 Å². The molecule has 0 aromatic rings. The van der Waals surface area contributed by atoms with Crippen molar-refractivity contribution in [1.29, 1.82) is 0 Å². The maximum atomic E-state index is 11.3. The maximum Gasteiger partial charge on any atom is 0.270 e. The van der Waals surface area contributed by atoms with Gasteiger partial charge in [-0.2, -0.15) is 0 Å². The maximum absolute atomic E-state index is 11.3. The van der Waals surface area contributed by atoms with Crippen molar-refractivity contribution in [2.75, 3.05) is 0 Å². The van der Waals surface area contributed by atoms with Crippen LogP contribution in [0.4, 0.5) is 17.6 Å². The quantitative estimate of drug-likeness (QED) is 0.610. The predicted octanol–water partition coefficient (Wildman–Crippen LogP) is 2.80. The molecule has 9 heavy (non-hydrogen) atoms. The molecule has 54 valence electrons. The van der Waals surface area contributed by atoms with Crippen molar-refractivity contribution in [2.24, 2.45) is 0 Å². The zero-order valence-corrected chi connectivity index (χ0v) is 5.71. The van der Waals surface area contributed by atoms with E-state index >= 15 is 0 Å². The second-order valence-electron chi connectivity index (χ2n) is 1.19. The third kappa shape index (κ3) is 4.44. The second kappa shape index (κ2) is 3.87. The molecule has 0 aliphatic heterocycles. The average molecular weight is 207 g/mol. The van der Waals surface area contributed by atoms with Crippen molar-refractivity contribution in [1.82, 2.24) is 0 Å². The molecule has 0 spiro atoms. The van der Waals surface area contributed by atoms with Gasteiger partial charge < -0.3 is 0 Å². The largest absolute Gasteiger partial charge is 0.270 e. The van der Waals surface area contributed by atoms with Gasteiger partial charge in [0, 0.05) is 0 Å². The Bertz CT molecular complexity index is 109. The summed E-state index contributed by atoms with van der Waals surface area (Å²) >= 11 is 2.27. The van der Waals surface area contributed by atoms with Crippen LogP contribution in [0.25, 0.3) is 0 Å². The zero-order chi connectivity index (χ0) is 7.44. The number of halogens is 5. The normalized spacial score (nSPS) is 13.4. The van der Waals surface area contributed by atoms with Gasteiger partial charge in [0.1, 0.15) is 0 Å². The Morgan fingerprint density at radius 3 is 1.78 bits per heavy atom. The molecule has 0 aliphatic rings. The van der Waals surface area contributed by atoms with E-state index < -0.39 is 17.3 Å². The molecule has 5 heteroatoms. The first-order chi connectivity index (χ1) is 4.04. The lowest BCUT2D eigenvalue weighted by Crippen LogP contribution is -1.92. The Morgan fingerprint density at radius 2 is 1.67 bits per heavy atom. The molecule has 0 aliphatic carbocycles. The monoisotopic (exact) mass is 206 g/mol. The molecule has 0 amide bonds. The molecule has 0 fully saturated rings. The predicted molar refractivity (Wildman–Crippen MR) is 29.0 cm³/mol. The first kappa shape index (κ1) is 8.94. The van der Waals surface area contributed by atoms with Crippen molar-refractivity contribution < 1.29 is 17.6 Å². The van der Waals surface area contributed by atoms with Crippen LogP contribution in [-0.4, -0.2) is 12.9 Å². The van der Waals surface area contributed by atoms with Crippen LogP contribution in [0, 0.1) is 0 Å². The standard InChI is InChI=1S/C4H3BrF4/c5-2(4(8)9)1-3(6)7/h1,3-4H/b2-1-. The Balaban J connectivity index is 3.84. The molecule has 0 unspecified atom stereocenters. The fourth-order valence-electron chi connectivity index (χ4n) is 0.193. The summed E-state index contributed by atoms with van der Waals surface area (Å²) in [4.78, 5) is 0. The van der Waals surface area contributed by atoms with Crippen LogP contribution < -0.4 is 0 Å². The molecule has 0 saturated carbocycles. The highest BCUT2D eigenvalue weighted by Gasteiger charge is 2.09. The highest BCUT2D eigenvalue weighted by Crippen LogP contribution is 2.17. The summed E-state index contributed by atoms with van der Waals surface area (Å²) in [6.45, 7) is 0. The fraction of sp³-hybridized carbons (Fsp3) is 0.500. The number of alkyl halides is 4. The minimum Gasteiger partial charge on any atom is -0.206 e. The lowest BCUT2D eigenvalue weighted by molar-refractivity contribution is 0.182. The molecule has 0 bridgehead atoms. The molecular weight excluding hydrogens is 204 g/mol. The number of allylic oxidation sites excluding steroid dienone is 2. The molecule has 0 aromatic carbocycles. The highest BCUT2D eigenvalue weighted by molar-refractivity contribution is 9.11. The van der Waals surface area contributed by atoms with Crippen LogP contribution in [0.1, 0.15) is 0 Å². The minimum absolute atomic E-state index is 0.157. The van der Waals surface area contributed by atoms with E-state index in [2.05, 4.69) is 15.9 Å². The molecular formula is C4H3BrF4. The Labute approximate surface area is 57.7 Å². The number of hydrogen-bond acceptors (Lipinski definition) is 0. The number of rotatable bonds is 2. The molecule has 0 aromatic heterocycles. The minimum atomic E-state index is -2.85. The van der Waals surface area contributed by atoms with Crippen LogP contribution in [-0.2, 0) is 0 Å². The topological polar surface area (TPSA) is 0 Å². The molecule has 0 nitrogen and oxygen atoms in total. The van der Waals surface area contributed by atoms with Crippen molar-refractivity contribution >= 4 is 15.9 Å². The Hall–Kier alpha value is -0.0600. The third-order valence-corrected chi connectivity index (χ3v) is 1.10. The van der Waals surface area contributed by atoms with Crippen molar-refractivity contribution in [3.8, 4) is 0 Å². The van der Waals surface area contributed by atoms with Crippen molar-refractivity contribution in [2.45, 2.75) is 12.9 Å². The van der Waals surface area contributed by atoms with Gasteiger partial charge in [0.15, 0.2) is 0 Å². The number of hydrogen-bond donors (Lipinski definition) is 0. The summed E-state index contributed by atoms with van der Waals surface area (Å²) in [6, 6.07) is 0. The first-order valence-corrected chi connectivity index (χ1v) is 2.77. The van der Waals surface area contributed by atoms with E-state index in [4.69, 9.17) is 0 Å².